The Balaban J connectivity index is 1.61. The minimum Gasteiger partial charge on any atom is -0.323 e. The van der Waals surface area contributed by atoms with Crippen LogP contribution in [0.5, 0.6) is 0 Å². The SMILES string of the molecule is Cn1cnnc1Sc1ccc(Cl)cc1NC(=O)Cn1c(=O)cnc2ccccc21. The molecule has 0 unspecified atom stereocenters. The van der Waals surface area contributed by atoms with Gasteiger partial charge in [-0.3, -0.25) is 14.2 Å². The quantitative estimate of drug-likeness (QED) is 0.527. The molecule has 4 rings (SSSR count). The van der Waals surface area contributed by atoms with Gasteiger partial charge in [0.2, 0.25) is 5.91 Å². The van der Waals surface area contributed by atoms with E-state index in [9.17, 15) is 9.59 Å². The number of benzene rings is 2. The minimum atomic E-state index is -0.356. The number of aryl methyl sites for hydroxylation is 1. The molecule has 8 nitrogen and oxygen atoms in total. The zero-order valence-corrected chi connectivity index (χ0v) is 16.8. The van der Waals surface area contributed by atoms with Crippen molar-refractivity contribution < 1.29 is 4.79 Å². The number of carbonyl (C=O) groups is 1. The third kappa shape index (κ3) is 4.15. The number of carbonyl (C=O) groups excluding carboxylic acids is 1. The lowest BCUT2D eigenvalue weighted by Crippen LogP contribution is -2.28. The Kier molecular flexibility index (Phi) is 5.32. The van der Waals surface area contributed by atoms with Crippen LogP contribution < -0.4 is 10.9 Å². The van der Waals surface area contributed by atoms with E-state index in [1.54, 1.807) is 47.3 Å². The van der Waals surface area contributed by atoms with E-state index in [1.807, 2.05) is 13.1 Å². The predicted molar refractivity (Wildman–Crippen MR) is 111 cm³/mol. The average Bonchev–Trinajstić information content (AvgIpc) is 3.11. The van der Waals surface area contributed by atoms with Gasteiger partial charge in [-0.2, -0.15) is 0 Å². The number of hydrogen-bond acceptors (Lipinski definition) is 6. The van der Waals surface area contributed by atoms with Crippen molar-refractivity contribution in [2.75, 3.05) is 5.32 Å². The summed E-state index contributed by atoms with van der Waals surface area (Å²) in [4.78, 5) is 29.9. The van der Waals surface area contributed by atoms with Gasteiger partial charge in [0.1, 0.15) is 12.9 Å². The molecule has 0 radical (unpaired) electrons. The number of rotatable bonds is 5. The van der Waals surface area contributed by atoms with Crippen molar-refractivity contribution in [3.8, 4) is 0 Å². The highest BCUT2D eigenvalue weighted by Gasteiger charge is 2.14. The van der Waals surface area contributed by atoms with Crippen molar-refractivity contribution in [1.29, 1.82) is 0 Å². The van der Waals surface area contributed by atoms with Crippen LogP contribution in [0.1, 0.15) is 0 Å². The van der Waals surface area contributed by atoms with Gasteiger partial charge in [0.15, 0.2) is 5.16 Å². The Morgan fingerprint density at radius 1 is 1.24 bits per heavy atom. The largest absolute Gasteiger partial charge is 0.323 e. The second-order valence-electron chi connectivity index (χ2n) is 6.19. The van der Waals surface area contributed by atoms with Crippen LogP contribution in [0.3, 0.4) is 0 Å². The van der Waals surface area contributed by atoms with Gasteiger partial charge in [0.25, 0.3) is 5.56 Å². The lowest BCUT2D eigenvalue weighted by Gasteiger charge is -2.13. The number of nitrogens with zero attached hydrogens (tertiary/aromatic N) is 5. The van der Waals surface area contributed by atoms with Gasteiger partial charge in [-0.25, -0.2) is 4.98 Å². The number of aromatic nitrogens is 5. The normalized spacial score (nSPS) is 11.0. The highest BCUT2D eigenvalue weighted by molar-refractivity contribution is 7.99. The van der Waals surface area contributed by atoms with Crippen LogP contribution in [0.2, 0.25) is 5.02 Å². The summed E-state index contributed by atoms with van der Waals surface area (Å²) in [7, 11) is 1.83. The molecule has 2 heterocycles. The Morgan fingerprint density at radius 2 is 2.07 bits per heavy atom. The third-order valence-electron chi connectivity index (χ3n) is 4.14. The minimum absolute atomic E-state index is 0.150. The summed E-state index contributed by atoms with van der Waals surface area (Å²) in [5.41, 5.74) is 1.41. The summed E-state index contributed by atoms with van der Waals surface area (Å²) in [5, 5.41) is 11.9. The number of para-hydroxylation sites is 2. The van der Waals surface area contributed by atoms with Gasteiger partial charge in [-0.1, -0.05) is 23.7 Å². The van der Waals surface area contributed by atoms with Crippen LogP contribution in [0, 0.1) is 0 Å². The number of fused-ring (bicyclic) bond motifs is 1. The lowest BCUT2D eigenvalue weighted by atomic mass is 10.3. The average molecular weight is 427 g/mol. The topological polar surface area (TPSA) is 94.7 Å². The van der Waals surface area contributed by atoms with Crippen LogP contribution in [-0.2, 0) is 18.4 Å². The summed E-state index contributed by atoms with van der Waals surface area (Å²) in [6, 6.07) is 12.4. The van der Waals surface area contributed by atoms with E-state index in [-0.39, 0.29) is 18.0 Å². The second kappa shape index (κ2) is 8.06. The smallest absolute Gasteiger partial charge is 0.269 e. The first kappa shape index (κ1) is 19.2. The molecule has 0 spiro atoms. The van der Waals surface area contributed by atoms with Crippen molar-refractivity contribution in [3.63, 3.8) is 0 Å². The monoisotopic (exact) mass is 426 g/mol. The molecule has 2 aromatic carbocycles. The molecule has 0 saturated heterocycles. The van der Waals surface area contributed by atoms with Crippen LogP contribution in [0.4, 0.5) is 5.69 Å². The molecule has 10 heteroatoms. The number of amides is 1. The molecule has 4 aromatic rings. The standard InChI is InChI=1S/C19H15ClN6O2S/c1-25-11-22-24-19(25)29-16-7-6-12(20)8-14(16)23-17(27)10-26-15-5-3-2-4-13(15)21-9-18(26)28/h2-9,11H,10H2,1H3,(H,23,27). The third-order valence-corrected chi connectivity index (χ3v) is 5.50. The van der Waals surface area contributed by atoms with E-state index < -0.39 is 0 Å². The molecule has 0 atom stereocenters. The maximum Gasteiger partial charge on any atom is 0.269 e. The first-order chi connectivity index (χ1) is 14.0. The second-order valence-corrected chi connectivity index (χ2v) is 7.63. The lowest BCUT2D eigenvalue weighted by molar-refractivity contribution is -0.116. The molecular weight excluding hydrogens is 412 g/mol. The van der Waals surface area contributed by atoms with Gasteiger partial charge < -0.3 is 9.88 Å². The number of hydrogen-bond donors (Lipinski definition) is 1. The van der Waals surface area contributed by atoms with Gasteiger partial charge >= 0.3 is 0 Å². The van der Waals surface area contributed by atoms with E-state index in [0.717, 1.165) is 4.90 Å². The van der Waals surface area contributed by atoms with E-state index in [4.69, 9.17) is 11.6 Å². The maximum atomic E-state index is 12.7. The van der Waals surface area contributed by atoms with Crippen LogP contribution in [-0.4, -0.2) is 30.2 Å². The summed E-state index contributed by atoms with van der Waals surface area (Å²) >= 11 is 7.47. The van der Waals surface area contributed by atoms with Gasteiger partial charge in [0, 0.05) is 17.0 Å². The molecule has 0 aliphatic heterocycles. The molecule has 0 aliphatic rings. The van der Waals surface area contributed by atoms with E-state index in [1.165, 1.54) is 22.5 Å². The molecule has 1 amide bonds. The van der Waals surface area contributed by atoms with Crippen molar-refractivity contribution in [2.45, 2.75) is 16.6 Å². The van der Waals surface area contributed by atoms with Crippen molar-refractivity contribution in [3.05, 3.63) is 70.4 Å². The van der Waals surface area contributed by atoms with Crippen LogP contribution >= 0.6 is 23.4 Å². The summed E-state index contributed by atoms with van der Waals surface area (Å²) in [6.07, 6.45) is 2.81. The fourth-order valence-electron chi connectivity index (χ4n) is 2.76. The zero-order chi connectivity index (χ0) is 20.4. The molecule has 0 aliphatic carbocycles. The van der Waals surface area contributed by atoms with Crippen LogP contribution in [0.25, 0.3) is 11.0 Å². The number of nitrogens with one attached hydrogen (secondary N) is 1. The highest BCUT2D eigenvalue weighted by Crippen LogP contribution is 2.34. The summed E-state index contributed by atoms with van der Waals surface area (Å²) in [6.45, 7) is -0.150. The van der Waals surface area contributed by atoms with Crippen molar-refractivity contribution in [1.82, 2.24) is 24.3 Å². The Hall–Kier alpha value is -3.17. The maximum absolute atomic E-state index is 12.7. The van der Waals surface area contributed by atoms with Gasteiger partial charge in [-0.15, -0.1) is 10.2 Å². The molecule has 0 bridgehead atoms. The van der Waals surface area contributed by atoms with Crippen molar-refractivity contribution in [2.24, 2.45) is 7.05 Å². The van der Waals surface area contributed by atoms with Crippen LogP contribution in [0.15, 0.2) is 69.8 Å². The van der Waals surface area contributed by atoms with E-state index in [2.05, 4.69) is 20.5 Å². The van der Waals surface area contributed by atoms with Crippen molar-refractivity contribution >= 4 is 46.0 Å². The molecule has 146 valence electrons. The van der Waals surface area contributed by atoms with E-state index in [0.29, 0.717) is 26.9 Å². The molecule has 29 heavy (non-hydrogen) atoms. The van der Waals surface area contributed by atoms with Gasteiger partial charge in [-0.05, 0) is 42.1 Å². The Morgan fingerprint density at radius 3 is 2.86 bits per heavy atom. The number of halogens is 1. The Bertz CT molecular complexity index is 1270. The molecule has 0 saturated carbocycles. The predicted octanol–water partition coefficient (Wildman–Crippen LogP) is 2.97. The number of anilines is 1. The van der Waals surface area contributed by atoms with E-state index >= 15 is 0 Å². The molecular formula is C19H15ClN6O2S. The zero-order valence-electron chi connectivity index (χ0n) is 15.2. The molecule has 0 fully saturated rings. The fraction of sp³-hybridized carbons (Fsp3) is 0.105. The van der Waals surface area contributed by atoms with Gasteiger partial charge in [0.05, 0.1) is 22.9 Å². The molecule has 2 aromatic heterocycles. The molecule has 1 N–H and O–H groups in total. The summed E-state index contributed by atoms with van der Waals surface area (Å²) < 4.78 is 3.16. The fourth-order valence-corrected chi connectivity index (χ4v) is 3.77. The Labute approximate surface area is 174 Å². The first-order valence-corrected chi connectivity index (χ1v) is 9.76. The first-order valence-electron chi connectivity index (χ1n) is 8.57. The highest BCUT2D eigenvalue weighted by atomic mass is 35.5. The summed E-state index contributed by atoms with van der Waals surface area (Å²) in [5.74, 6) is -0.356.